The van der Waals surface area contributed by atoms with E-state index in [2.05, 4.69) is 4.98 Å². The molecule has 0 spiro atoms. The molecule has 0 unspecified atom stereocenters. The minimum absolute atomic E-state index is 0.371. The summed E-state index contributed by atoms with van der Waals surface area (Å²) < 4.78 is 25.5. The average molecular weight is 339 g/mol. The van der Waals surface area contributed by atoms with Crippen molar-refractivity contribution in [3.63, 3.8) is 0 Å². The van der Waals surface area contributed by atoms with Crippen molar-refractivity contribution in [3.8, 4) is 11.5 Å². The number of rotatable bonds is 3. The van der Waals surface area contributed by atoms with Gasteiger partial charge < -0.3 is 20.1 Å². The molecule has 0 saturated carbocycles. The number of pyridine rings is 1. The van der Waals surface area contributed by atoms with Gasteiger partial charge in [0.2, 0.25) is 0 Å². The van der Waals surface area contributed by atoms with Crippen molar-refractivity contribution >= 4 is 28.0 Å². The molecule has 5 nitrogen and oxygen atoms in total. The Balaban J connectivity index is 1.95. The first-order valence-corrected chi connectivity index (χ1v) is 7.98. The Labute approximate surface area is 144 Å². The maximum absolute atomic E-state index is 14.8. The molecule has 1 aliphatic heterocycles. The molecule has 2 aromatic carbocycles. The van der Waals surface area contributed by atoms with Crippen LogP contribution in [0, 0.1) is 5.82 Å². The Kier molecular flexibility index (Phi) is 3.60. The topological polar surface area (TPSA) is 60.6 Å². The Morgan fingerprint density at radius 1 is 1.12 bits per heavy atom. The molecule has 4 rings (SSSR count). The highest BCUT2D eigenvalue weighted by atomic mass is 19.1. The third kappa shape index (κ3) is 2.41. The minimum Gasteiger partial charge on any atom is -0.493 e. The summed E-state index contributed by atoms with van der Waals surface area (Å²) in [5.74, 6) is 0.736. The SMILES string of the molecule is COc1cc2ncc(F)c(N3CCc4cc(N)ccc43)c2cc1OC. The lowest BCUT2D eigenvalue weighted by Crippen LogP contribution is -2.15. The number of ether oxygens (including phenoxy) is 2. The summed E-state index contributed by atoms with van der Waals surface area (Å²) in [5.41, 5.74) is 9.82. The van der Waals surface area contributed by atoms with E-state index in [1.165, 1.54) is 6.20 Å². The number of aromatic nitrogens is 1. The number of nitrogens with zero attached hydrogens (tertiary/aromatic N) is 2. The van der Waals surface area contributed by atoms with Crippen molar-refractivity contribution in [2.24, 2.45) is 0 Å². The maximum Gasteiger partial charge on any atom is 0.165 e. The highest BCUT2D eigenvalue weighted by Crippen LogP contribution is 2.42. The summed E-state index contributed by atoms with van der Waals surface area (Å²) >= 11 is 0. The largest absolute Gasteiger partial charge is 0.493 e. The number of halogens is 1. The van der Waals surface area contributed by atoms with E-state index in [0.717, 1.165) is 17.7 Å². The van der Waals surface area contributed by atoms with Crippen LogP contribution in [-0.4, -0.2) is 25.7 Å². The Bertz CT molecular complexity index is 975. The van der Waals surface area contributed by atoms with E-state index in [0.29, 0.717) is 40.3 Å². The molecular formula is C19H18FN3O2. The van der Waals surface area contributed by atoms with E-state index < -0.39 is 0 Å². The fourth-order valence-corrected chi connectivity index (χ4v) is 3.41. The molecule has 128 valence electrons. The molecule has 0 aliphatic carbocycles. The van der Waals surface area contributed by atoms with Crippen LogP contribution in [0.15, 0.2) is 36.5 Å². The summed E-state index contributed by atoms with van der Waals surface area (Å²) in [7, 11) is 3.12. The number of methoxy groups -OCH3 is 2. The number of nitrogens with two attached hydrogens (primary N) is 1. The summed E-state index contributed by atoms with van der Waals surface area (Å²) in [6.07, 6.45) is 2.07. The lowest BCUT2D eigenvalue weighted by Gasteiger charge is -2.22. The van der Waals surface area contributed by atoms with Crippen LogP contribution < -0.4 is 20.1 Å². The van der Waals surface area contributed by atoms with Crippen molar-refractivity contribution in [1.82, 2.24) is 4.98 Å². The van der Waals surface area contributed by atoms with Crippen LogP contribution in [0.5, 0.6) is 11.5 Å². The molecule has 0 atom stereocenters. The van der Waals surface area contributed by atoms with Crippen LogP contribution in [0.3, 0.4) is 0 Å². The molecule has 0 radical (unpaired) electrons. The first-order chi connectivity index (χ1) is 12.1. The highest BCUT2D eigenvalue weighted by Gasteiger charge is 2.25. The molecule has 1 aromatic heterocycles. The van der Waals surface area contributed by atoms with E-state index in [1.807, 2.05) is 23.1 Å². The van der Waals surface area contributed by atoms with E-state index in [9.17, 15) is 4.39 Å². The number of nitrogen functional groups attached to an aromatic ring is 1. The monoisotopic (exact) mass is 339 g/mol. The average Bonchev–Trinajstić information content (AvgIpc) is 3.03. The molecule has 1 aliphatic rings. The summed E-state index contributed by atoms with van der Waals surface area (Å²) in [4.78, 5) is 6.18. The molecule has 6 heteroatoms. The van der Waals surface area contributed by atoms with Crippen molar-refractivity contribution in [2.75, 3.05) is 31.4 Å². The molecule has 0 bridgehead atoms. The Morgan fingerprint density at radius 3 is 2.64 bits per heavy atom. The number of hydrogen-bond donors (Lipinski definition) is 1. The van der Waals surface area contributed by atoms with E-state index in [1.54, 1.807) is 26.4 Å². The van der Waals surface area contributed by atoms with Crippen LogP contribution in [-0.2, 0) is 6.42 Å². The molecule has 25 heavy (non-hydrogen) atoms. The predicted octanol–water partition coefficient (Wildman–Crippen LogP) is 3.67. The smallest absolute Gasteiger partial charge is 0.165 e. The van der Waals surface area contributed by atoms with Crippen LogP contribution in [0.2, 0.25) is 0 Å². The van der Waals surface area contributed by atoms with Gasteiger partial charge in [0, 0.05) is 29.4 Å². The highest BCUT2D eigenvalue weighted by molar-refractivity contribution is 5.97. The van der Waals surface area contributed by atoms with Crippen LogP contribution in [0.4, 0.5) is 21.5 Å². The van der Waals surface area contributed by atoms with Crippen LogP contribution >= 0.6 is 0 Å². The summed E-state index contributed by atoms with van der Waals surface area (Å²) in [6, 6.07) is 9.25. The van der Waals surface area contributed by atoms with Crippen LogP contribution in [0.1, 0.15) is 5.56 Å². The van der Waals surface area contributed by atoms with Gasteiger partial charge in [-0.2, -0.15) is 0 Å². The van der Waals surface area contributed by atoms with Crippen molar-refractivity contribution in [2.45, 2.75) is 6.42 Å². The van der Waals surface area contributed by atoms with Gasteiger partial charge in [-0.3, -0.25) is 4.98 Å². The van der Waals surface area contributed by atoms with Gasteiger partial charge in [-0.25, -0.2) is 4.39 Å². The quantitative estimate of drug-likeness (QED) is 0.738. The van der Waals surface area contributed by atoms with E-state index in [-0.39, 0.29) is 5.82 Å². The third-order valence-electron chi connectivity index (χ3n) is 4.57. The second-order valence-corrected chi connectivity index (χ2v) is 5.97. The van der Waals surface area contributed by atoms with Gasteiger partial charge in [-0.05, 0) is 36.2 Å². The van der Waals surface area contributed by atoms with Gasteiger partial charge in [-0.1, -0.05) is 0 Å². The normalized spacial score (nSPS) is 13.2. The lowest BCUT2D eigenvalue weighted by atomic mass is 10.1. The van der Waals surface area contributed by atoms with Gasteiger partial charge in [0.25, 0.3) is 0 Å². The number of benzene rings is 2. The Morgan fingerprint density at radius 2 is 1.88 bits per heavy atom. The minimum atomic E-state index is -0.371. The zero-order chi connectivity index (χ0) is 17.6. The second-order valence-electron chi connectivity index (χ2n) is 5.97. The fraction of sp³-hybridized carbons (Fsp3) is 0.211. The predicted molar refractivity (Wildman–Crippen MR) is 96.4 cm³/mol. The summed E-state index contributed by atoms with van der Waals surface area (Å²) in [5, 5.41) is 0.683. The zero-order valence-corrected chi connectivity index (χ0v) is 14.0. The molecular weight excluding hydrogens is 321 g/mol. The lowest BCUT2D eigenvalue weighted by molar-refractivity contribution is 0.356. The van der Waals surface area contributed by atoms with Crippen molar-refractivity contribution < 1.29 is 13.9 Å². The molecule has 2 N–H and O–H groups in total. The van der Waals surface area contributed by atoms with Gasteiger partial charge >= 0.3 is 0 Å². The zero-order valence-electron chi connectivity index (χ0n) is 14.0. The van der Waals surface area contributed by atoms with Crippen molar-refractivity contribution in [1.29, 1.82) is 0 Å². The standard InChI is InChI=1S/C19H18FN3O2/c1-24-17-8-13-15(9-18(17)25-2)22-10-14(20)19(13)23-6-5-11-7-12(21)3-4-16(11)23/h3-4,7-10H,5-6,21H2,1-2H3. The van der Waals surface area contributed by atoms with Gasteiger partial charge in [0.05, 0.1) is 31.6 Å². The Hall–Kier alpha value is -3.02. The van der Waals surface area contributed by atoms with Gasteiger partial charge in [0.1, 0.15) is 0 Å². The van der Waals surface area contributed by atoms with Crippen LogP contribution in [0.25, 0.3) is 10.9 Å². The third-order valence-corrected chi connectivity index (χ3v) is 4.57. The maximum atomic E-state index is 14.8. The van der Waals surface area contributed by atoms with Gasteiger partial charge in [-0.15, -0.1) is 0 Å². The van der Waals surface area contributed by atoms with Gasteiger partial charge in [0.15, 0.2) is 17.3 Å². The van der Waals surface area contributed by atoms with E-state index in [4.69, 9.17) is 15.2 Å². The molecule has 3 aromatic rings. The number of anilines is 3. The second kappa shape index (κ2) is 5.81. The number of hydrogen-bond acceptors (Lipinski definition) is 5. The first kappa shape index (κ1) is 15.5. The van der Waals surface area contributed by atoms with Crippen molar-refractivity contribution in [3.05, 3.63) is 47.9 Å². The molecule has 0 fully saturated rings. The van der Waals surface area contributed by atoms with E-state index >= 15 is 0 Å². The molecule has 2 heterocycles. The molecule has 0 saturated heterocycles. The fourth-order valence-electron chi connectivity index (χ4n) is 3.41. The molecule has 0 amide bonds. The first-order valence-electron chi connectivity index (χ1n) is 7.98. The summed E-state index contributed by atoms with van der Waals surface area (Å²) in [6.45, 7) is 0.684. The number of fused-ring (bicyclic) bond motifs is 2.